The fourth-order valence-corrected chi connectivity index (χ4v) is 3.32. The average Bonchev–Trinajstić information content (AvgIpc) is 2.68. The molecular formula is C22H27N3O3. The van der Waals surface area contributed by atoms with E-state index in [-0.39, 0.29) is 24.6 Å². The summed E-state index contributed by atoms with van der Waals surface area (Å²) in [5.41, 5.74) is 2.97. The van der Waals surface area contributed by atoms with Crippen LogP contribution in [-0.4, -0.2) is 42.6 Å². The maximum atomic E-state index is 12.3. The molecule has 1 saturated heterocycles. The fourth-order valence-electron chi connectivity index (χ4n) is 3.32. The SMILES string of the molecule is Cc1ccc(OCC(=O)NC2CCN(C(=O)Nc3ccccc3)CC2)c(C)c1. The number of anilines is 1. The molecule has 0 bridgehead atoms. The molecule has 0 saturated carbocycles. The van der Waals surface area contributed by atoms with Crippen LogP contribution in [0.3, 0.4) is 0 Å². The van der Waals surface area contributed by atoms with Crippen molar-refractivity contribution in [3.05, 3.63) is 59.7 Å². The van der Waals surface area contributed by atoms with Gasteiger partial charge in [-0.25, -0.2) is 4.79 Å². The highest BCUT2D eigenvalue weighted by Crippen LogP contribution is 2.18. The first-order chi connectivity index (χ1) is 13.5. The molecule has 3 rings (SSSR count). The second-order valence-electron chi connectivity index (χ2n) is 7.18. The Bertz CT molecular complexity index is 815. The molecule has 0 aromatic heterocycles. The van der Waals surface area contributed by atoms with Gasteiger partial charge in [-0.3, -0.25) is 4.79 Å². The molecule has 3 amide bonds. The van der Waals surface area contributed by atoms with Gasteiger partial charge in [-0.05, 0) is 50.5 Å². The van der Waals surface area contributed by atoms with Gasteiger partial charge in [0.25, 0.3) is 5.91 Å². The number of benzene rings is 2. The predicted octanol–water partition coefficient (Wildman–Crippen LogP) is 3.49. The van der Waals surface area contributed by atoms with Gasteiger partial charge < -0.3 is 20.3 Å². The summed E-state index contributed by atoms with van der Waals surface area (Å²) in [6.07, 6.45) is 1.47. The Kier molecular flexibility index (Phi) is 6.53. The highest BCUT2D eigenvalue weighted by Gasteiger charge is 2.24. The van der Waals surface area contributed by atoms with Gasteiger partial charge in [0.1, 0.15) is 5.75 Å². The van der Waals surface area contributed by atoms with Crippen LogP contribution in [-0.2, 0) is 4.79 Å². The Morgan fingerprint density at radius 1 is 1.07 bits per heavy atom. The summed E-state index contributed by atoms with van der Waals surface area (Å²) in [5.74, 6) is 0.598. The Hall–Kier alpha value is -3.02. The molecule has 0 radical (unpaired) electrons. The van der Waals surface area contributed by atoms with Crippen LogP contribution in [0.25, 0.3) is 0 Å². The van der Waals surface area contributed by atoms with Crippen LogP contribution in [0.15, 0.2) is 48.5 Å². The van der Waals surface area contributed by atoms with Gasteiger partial charge in [0.2, 0.25) is 0 Å². The normalized spacial score (nSPS) is 14.4. The molecule has 1 heterocycles. The van der Waals surface area contributed by atoms with Crippen molar-refractivity contribution in [1.82, 2.24) is 10.2 Å². The quantitative estimate of drug-likeness (QED) is 0.833. The maximum Gasteiger partial charge on any atom is 0.321 e. The number of ether oxygens (including phenoxy) is 1. The van der Waals surface area contributed by atoms with E-state index in [1.807, 2.05) is 62.4 Å². The van der Waals surface area contributed by atoms with Crippen molar-refractivity contribution < 1.29 is 14.3 Å². The molecule has 6 nitrogen and oxygen atoms in total. The number of nitrogens with one attached hydrogen (secondary N) is 2. The van der Waals surface area contributed by atoms with Crippen molar-refractivity contribution in [2.75, 3.05) is 25.0 Å². The third-order valence-electron chi connectivity index (χ3n) is 4.86. The summed E-state index contributed by atoms with van der Waals surface area (Å²) >= 11 is 0. The third-order valence-corrected chi connectivity index (χ3v) is 4.86. The molecule has 2 N–H and O–H groups in total. The van der Waals surface area contributed by atoms with Gasteiger partial charge in [0, 0.05) is 24.8 Å². The smallest absolute Gasteiger partial charge is 0.321 e. The maximum absolute atomic E-state index is 12.3. The topological polar surface area (TPSA) is 70.7 Å². The molecule has 0 aliphatic carbocycles. The molecule has 1 aliphatic rings. The standard InChI is InChI=1S/C22H27N3O3/c1-16-8-9-20(17(2)14-16)28-15-21(26)23-19-10-12-25(13-11-19)22(27)24-18-6-4-3-5-7-18/h3-9,14,19H,10-13,15H2,1-2H3,(H,23,26)(H,24,27). The zero-order valence-corrected chi connectivity index (χ0v) is 16.4. The molecule has 1 aliphatic heterocycles. The molecule has 2 aromatic carbocycles. The lowest BCUT2D eigenvalue weighted by atomic mass is 10.1. The molecule has 2 aromatic rings. The number of hydrogen-bond donors (Lipinski definition) is 2. The number of rotatable bonds is 5. The number of hydrogen-bond acceptors (Lipinski definition) is 3. The van der Waals surface area contributed by atoms with E-state index in [4.69, 9.17) is 4.74 Å². The minimum absolute atomic E-state index is 0.00138. The zero-order valence-electron chi connectivity index (χ0n) is 16.4. The molecule has 28 heavy (non-hydrogen) atoms. The van der Waals surface area contributed by atoms with E-state index in [1.165, 1.54) is 0 Å². The third kappa shape index (κ3) is 5.49. The lowest BCUT2D eigenvalue weighted by Gasteiger charge is -2.32. The Morgan fingerprint density at radius 3 is 2.46 bits per heavy atom. The first-order valence-electron chi connectivity index (χ1n) is 9.61. The monoisotopic (exact) mass is 381 g/mol. The summed E-state index contributed by atoms with van der Waals surface area (Å²) in [7, 11) is 0. The van der Waals surface area contributed by atoms with E-state index in [0.717, 1.165) is 35.4 Å². The molecule has 1 fully saturated rings. The number of nitrogens with zero attached hydrogens (tertiary/aromatic N) is 1. The van der Waals surface area contributed by atoms with Gasteiger partial charge in [-0.2, -0.15) is 0 Å². The van der Waals surface area contributed by atoms with Gasteiger partial charge in [-0.1, -0.05) is 35.9 Å². The second kappa shape index (κ2) is 9.26. The van der Waals surface area contributed by atoms with Crippen LogP contribution in [0.2, 0.25) is 0 Å². The number of amides is 3. The Morgan fingerprint density at radius 2 is 1.79 bits per heavy atom. The Balaban J connectivity index is 1.40. The largest absolute Gasteiger partial charge is 0.484 e. The van der Waals surface area contributed by atoms with E-state index in [2.05, 4.69) is 10.6 Å². The fraction of sp³-hybridized carbons (Fsp3) is 0.364. The predicted molar refractivity (Wildman–Crippen MR) is 110 cm³/mol. The molecule has 0 unspecified atom stereocenters. The first-order valence-corrected chi connectivity index (χ1v) is 9.61. The average molecular weight is 381 g/mol. The van der Waals surface area contributed by atoms with E-state index in [0.29, 0.717) is 13.1 Å². The molecule has 148 valence electrons. The van der Waals surface area contributed by atoms with E-state index in [1.54, 1.807) is 4.90 Å². The summed E-state index contributed by atoms with van der Waals surface area (Å²) in [4.78, 5) is 26.3. The van der Waals surface area contributed by atoms with Crippen LogP contribution in [0.1, 0.15) is 24.0 Å². The number of carbonyl (C=O) groups is 2. The highest BCUT2D eigenvalue weighted by atomic mass is 16.5. The number of aryl methyl sites for hydroxylation is 2. The van der Waals surface area contributed by atoms with Crippen LogP contribution < -0.4 is 15.4 Å². The van der Waals surface area contributed by atoms with Crippen molar-refractivity contribution in [3.63, 3.8) is 0 Å². The molecule has 6 heteroatoms. The zero-order chi connectivity index (χ0) is 19.9. The lowest BCUT2D eigenvalue weighted by molar-refractivity contribution is -0.124. The second-order valence-corrected chi connectivity index (χ2v) is 7.18. The first kappa shape index (κ1) is 19.7. The molecular weight excluding hydrogens is 354 g/mol. The summed E-state index contributed by atoms with van der Waals surface area (Å²) in [5, 5.41) is 5.90. The van der Waals surface area contributed by atoms with Crippen molar-refractivity contribution >= 4 is 17.6 Å². The van der Waals surface area contributed by atoms with Crippen LogP contribution >= 0.6 is 0 Å². The van der Waals surface area contributed by atoms with Crippen molar-refractivity contribution in [1.29, 1.82) is 0 Å². The lowest BCUT2D eigenvalue weighted by Crippen LogP contribution is -2.48. The molecule has 0 atom stereocenters. The molecule has 0 spiro atoms. The van der Waals surface area contributed by atoms with Crippen molar-refractivity contribution in [3.8, 4) is 5.75 Å². The van der Waals surface area contributed by atoms with Gasteiger partial charge >= 0.3 is 6.03 Å². The number of urea groups is 1. The van der Waals surface area contributed by atoms with Crippen molar-refractivity contribution in [2.24, 2.45) is 0 Å². The Labute approximate surface area is 165 Å². The minimum Gasteiger partial charge on any atom is -0.484 e. The minimum atomic E-state index is -0.132. The van der Waals surface area contributed by atoms with Crippen LogP contribution in [0.5, 0.6) is 5.75 Å². The van der Waals surface area contributed by atoms with Crippen molar-refractivity contribution in [2.45, 2.75) is 32.7 Å². The number of carbonyl (C=O) groups excluding carboxylic acids is 2. The summed E-state index contributed by atoms with van der Waals surface area (Å²) < 4.78 is 5.63. The number of para-hydroxylation sites is 1. The number of piperidine rings is 1. The van der Waals surface area contributed by atoms with E-state index in [9.17, 15) is 9.59 Å². The summed E-state index contributed by atoms with van der Waals surface area (Å²) in [6.45, 7) is 5.22. The van der Waals surface area contributed by atoms with E-state index >= 15 is 0 Å². The van der Waals surface area contributed by atoms with Crippen LogP contribution in [0.4, 0.5) is 10.5 Å². The van der Waals surface area contributed by atoms with Crippen LogP contribution in [0, 0.1) is 13.8 Å². The van der Waals surface area contributed by atoms with Gasteiger partial charge in [0.05, 0.1) is 0 Å². The number of likely N-dealkylation sites (tertiary alicyclic amines) is 1. The highest BCUT2D eigenvalue weighted by molar-refractivity contribution is 5.89. The van der Waals surface area contributed by atoms with Gasteiger partial charge in [0.15, 0.2) is 6.61 Å². The van der Waals surface area contributed by atoms with Gasteiger partial charge in [-0.15, -0.1) is 0 Å². The van der Waals surface area contributed by atoms with E-state index < -0.39 is 0 Å². The summed E-state index contributed by atoms with van der Waals surface area (Å²) in [6, 6.07) is 15.3.